The highest BCUT2D eigenvalue weighted by Gasteiger charge is 2.68. The normalized spacial score (nSPS) is 54.9. The maximum Gasteiger partial charge on any atom is 0.187 e. The van der Waals surface area contributed by atoms with E-state index in [1.54, 1.807) is 0 Å². The number of aliphatic hydroxyl groups excluding tert-OH is 12. The summed E-state index contributed by atoms with van der Waals surface area (Å²) in [6.45, 7) is 10.1. The molecule has 424 valence electrons. The van der Waals surface area contributed by atoms with Crippen molar-refractivity contribution >= 4 is 5.78 Å². The van der Waals surface area contributed by atoms with Crippen molar-refractivity contribution < 1.29 is 114 Å². The van der Waals surface area contributed by atoms with Crippen LogP contribution in [0.25, 0.3) is 0 Å². The summed E-state index contributed by atoms with van der Waals surface area (Å²) in [5.74, 6) is -1.19. The molecule has 23 heteroatoms. The molecule has 0 amide bonds. The Labute approximate surface area is 430 Å². The summed E-state index contributed by atoms with van der Waals surface area (Å²) >= 11 is 0. The number of allylic oxidation sites excluding steroid dienone is 1. The maximum absolute atomic E-state index is 14.5. The monoisotopic (exact) mass is 1060 g/mol. The zero-order valence-electron chi connectivity index (χ0n) is 42.9. The van der Waals surface area contributed by atoms with E-state index in [9.17, 15) is 71.2 Å². The Hall–Kier alpha value is -1.47. The molecular formula is C51H82O23. The average Bonchev–Trinajstić information content (AvgIpc) is 3.82. The van der Waals surface area contributed by atoms with Crippen LogP contribution in [0.2, 0.25) is 0 Å². The van der Waals surface area contributed by atoms with Crippen LogP contribution in [0, 0.1) is 46.3 Å². The molecule has 8 fully saturated rings. The van der Waals surface area contributed by atoms with E-state index >= 15 is 0 Å². The van der Waals surface area contributed by atoms with Gasteiger partial charge in [0.25, 0.3) is 0 Å². The number of ketones is 1. The average molecular weight is 1060 g/mol. The van der Waals surface area contributed by atoms with Gasteiger partial charge in [-0.1, -0.05) is 39.3 Å². The van der Waals surface area contributed by atoms with Crippen LogP contribution in [-0.4, -0.2) is 233 Å². The first-order chi connectivity index (χ1) is 34.9. The Kier molecular flexibility index (Phi) is 16.9. The second-order valence-corrected chi connectivity index (χ2v) is 23.8. The molecule has 74 heavy (non-hydrogen) atoms. The zero-order valence-corrected chi connectivity index (χ0v) is 42.9. The van der Waals surface area contributed by atoms with Gasteiger partial charge in [0, 0.05) is 25.2 Å². The van der Waals surface area contributed by atoms with Crippen LogP contribution >= 0.6 is 0 Å². The summed E-state index contributed by atoms with van der Waals surface area (Å²) in [7, 11) is 0. The van der Waals surface area contributed by atoms with Crippen molar-refractivity contribution in [3.05, 3.63) is 11.6 Å². The van der Waals surface area contributed by atoms with Crippen molar-refractivity contribution in [1.29, 1.82) is 0 Å². The third-order valence-corrected chi connectivity index (χ3v) is 19.3. The van der Waals surface area contributed by atoms with Gasteiger partial charge in [-0.05, 0) is 86.4 Å². The molecule has 0 aromatic heterocycles. The molecule has 31 atom stereocenters. The van der Waals surface area contributed by atoms with E-state index in [0.717, 1.165) is 31.3 Å². The van der Waals surface area contributed by atoms with Crippen LogP contribution in [0.3, 0.4) is 0 Å². The van der Waals surface area contributed by atoms with Crippen molar-refractivity contribution in [1.82, 2.24) is 0 Å². The van der Waals surface area contributed by atoms with Crippen molar-refractivity contribution in [2.75, 3.05) is 19.8 Å². The molecule has 0 aromatic carbocycles. The van der Waals surface area contributed by atoms with Crippen LogP contribution in [0.4, 0.5) is 0 Å². The molecule has 0 aromatic rings. The second-order valence-electron chi connectivity index (χ2n) is 23.8. The Morgan fingerprint density at radius 3 is 1.89 bits per heavy atom. The number of Topliss-reactive ketones (excluding diaryl/α,β-unsaturated/α-hetero) is 1. The number of hydrogen-bond acceptors (Lipinski definition) is 23. The predicted molar refractivity (Wildman–Crippen MR) is 249 cm³/mol. The van der Waals surface area contributed by atoms with Crippen molar-refractivity contribution in [2.24, 2.45) is 46.3 Å². The third-order valence-electron chi connectivity index (χ3n) is 19.3. The fourth-order valence-electron chi connectivity index (χ4n) is 14.8. The Morgan fingerprint density at radius 1 is 0.689 bits per heavy atom. The maximum atomic E-state index is 14.5. The minimum atomic E-state index is -1.82. The quantitative estimate of drug-likeness (QED) is 0.0782. The number of fused-ring (bicyclic) bond motifs is 7. The van der Waals surface area contributed by atoms with E-state index in [2.05, 4.69) is 26.8 Å². The third kappa shape index (κ3) is 10.0. The van der Waals surface area contributed by atoms with Gasteiger partial charge in [-0.2, -0.15) is 0 Å². The smallest absolute Gasteiger partial charge is 0.187 e. The van der Waals surface area contributed by atoms with Gasteiger partial charge < -0.3 is 109 Å². The van der Waals surface area contributed by atoms with E-state index in [0.29, 0.717) is 12.8 Å². The lowest BCUT2D eigenvalue weighted by Gasteiger charge is -2.58. The molecule has 23 nitrogen and oxygen atoms in total. The Balaban J connectivity index is 0.861. The fraction of sp³-hybridized carbons (Fsp3) is 0.941. The van der Waals surface area contributed by atoms with E-state index in [1.807, 2.05) is 6.92 Å². The lowest BCUT2D eigenvalue weighted by molar-refractivity contribution is -0.387. The predicted octanol–water partition coefficient (Wildman–Crippen LogP) is -2.80. The standard InChI is InChI=1S/C51H82O23/c1-19(18-66-45-39(61)38(60)35(57)30(16-52)70-45)9-12-51(65)20(2)32-29(74-51)14-26-24-8-7-23-13-28(27(54)15-50(23,6)25(24)10-11-49(26,32)5)69-48-44(73-47-41(63)37(59)34(56)22(4)68-47)42(64)43(31(17-53)71-48)72-46-40(62)36(58)33(55)21(3)67-46/h7,19-22,24-26,28-48,52-53,55-65H,8-18H2,1-6H3/t19-,20-,21+,22+,24+,25-,26-,28+,29-,30+,31+,32-,33+,34+,35+,36-,37-,38-,39+,40+,41+,42-,43+,44+,45+,46-,47-,48+,49-,50-,51+/m0/s1. The van der Waals surface area contributed by atoms with Gasteiger partial charge in [0.05, 0.1) is 38.1 Å². The molecule has 5 heterocycles. The van der Waals surface area contributed by atoms with Gasteiger partial charge in [-0.15, -0.1) is 0 Å². The van der Waals surface area contributed by atoms with E-state index < -0.39 is 153 Å². The van der Waals surface area contributed by atoms with E-state index in [-0.39, 0.29) is 72.3 Å². The molecular weight excluding hydrogens is 981 g/mol. The van der Waals surface area contributed by atoms with Crippen LogP contribution in [0.15, 0.2) is 11.6 Å². The molecule has 9 rings (SSSR count). The number of rotatable bonds is 14. The Bertz CT molecular complexity index is 1980. The largest absolute Gasteiger partial charge is 0.394 e. The SMILES string of the molecule is C[C@@H](CC[C@@]1(O)O[C@H]2C[C@H]3[C@@H]4CC=C5C[C@@H](O[C@@H]6O[C@H](CO)[C@@H](O[C@@H]7O[C@H](C)[C@@H](O)[C@H](O)[C@H]7O)[C@H](O)[C@H]6O[C@@H]6O[C@H](C)[C@@H](O)[C@H](O)[C@H]6O)C(=O)C[C@]5(C)[C@H]4CC[C@]3(C)[C@H]2[C@@H]1C)CO[C@@H]1O[C@H](CO)[C@@H](O)[C@H](O)[C@H]1O. The highest BCUT2D eigenvalue weighted by Crippen LogP contribution is 2.70. The molecule has 13 N–H and O–H groups in total. The van der Waals surface area contributed by atoms with Crippen molar-refractivity contribution in [2.45, 2.75) is 234 Å². The Morgan fingerprint density at radius 2 is 1.27 bits per heavy atom. The van der Waals surface area contributed by atoms with Crippen LogP contribution < -0.4 is 0 Å². The second kappa shape index (κ2) is 21.9. The van der Waals surface area contributed by atoms with Gasteiger partial charge in [-0.3, -0.25) is 4.79 Å². The minimum absolute atomic E-state index is 0.0804. The van der Waals surface area contributed by atoms with Gasteiger partial charge >= 0.3 is 0 Å². The summed E-state index contributed by atoms with van der Waals surface area (Å²) in [4.78, 5) is 14.5. The molecule has 5 aliphatic heterocycles. The van der Waals surface area contributed by atoms with E-state index in [1.165, 1.54) is 13.8 Å². The van der Waals surface area contributed by atoms with Gasteiger partial charge in [0.2, 0.25) is 0 Å². The van der Waals surface area contributed by atoms with Gasteiger partial charge in [0.15, 0.2) is 36.7 Å². The lowest BCUT2D eigenvalue weighted by Crippen LogP contribution is -2.66. The summed E-state index contributed by atoms with van der Waals surface area (Å²) in [6.07, 6.45) is -24.9. The highest BCUT2D eigenvalue weighted by atomic mass is 16.8. The molecule has 0 radical (unpaired) electrons. The molecule has 5 saturated heterocycles. The van der Waals surface area contributed by atoms with Gasteiger partial charge in [-0.25, -0.2) is 0 Å². The molecule has 9 aliphatic rings. The van der Waals surface area contributed by atoms with Crippen molar-refractivity contribution in [3.8, 4) is 0 Å². The number of carbonyl (C=O) groups is 1. The van der Waals surface area contributed by atoms with E-state index in [4.69, 9.17) is 42.6 Å². The molecule has 0 unspecified atom stereocenters. The fourth-order valence-corrected chi connectivity index (χ4v) is 14.8. The summed E-state index contributed by atoms with van der Waals surface area (Å²) in [5, 5.41) is 138. The first kappa shape index (κ1) is 57.2. The lowest BCUT2D eigenvalue weighted by atomic mass is 9.46. The number of ether oxygens (including phenoxy) is 9. The highest BCUT2D eigenvalue weighted by molar-refractivity contribution is 5.86. The molecule has 3 saturated carbocycles. The minimum Gasteiger partial charge on any atom is -0.394 e. The number of aliphatic hydroxyl groups is 13. The zero-order chi connectivity index (χ0) is 53.7. The van der Waals surface area contributed by atoms with Crippen molar-refractivity contribution in [3.63, 3.8) is 0 Å². The summed E-state index contributed by atoms with van der Waals surface area (Å²) in [6, 6.07) is 0. The topological polar surface area (TPSA) is 363 Å². The van der Waals surface area contributed by atoms with Crippen LogP contribution in [-0.2, 0) is 47.4 Å². The molecule has 0 spiro atoms. The molecule has 4 aliphatic carbocycles. The number of carbonyl (C=O) groups excluding carboxylic acids is 1. The molecule has 0 bridgehead atoms. The van der Waals surface area contributed by atoms with Crippen LogP contribution in [0.1, 0.15) is 92.9 Å². The summed E-state index contributed by atoms with van der Waals surface area (Å²) < 4.78 is 54.0. The van der Waals surface area contributed by atoms with Crippen LogP contribution in [0.5, 0.6) is 0 Å². The first-order valence-corrected chi connectivity index (χ1v) is 26.7. The van der Waals surface area contributed by atoms with Gasteiger partial charge in [0.1, 0.15) is 91.6 Å². The summed E-state index contributed by atoms with van der Waals surface area (Å²) in [5.41, 5.74) is 0.372. The number of hydrogen-bond donors (Lipinski definition) is 13. The first-order valence-electron chi connectivity index (χ1n) is 26.7.